The van der Waals surface area contributed by atoms with Crippen molar-refractivity contribution in [1.82, 2.24) is 9.97 Å². The predicted molar refractivity (Wildman–Crippen MR) is 93.4 cm³/mol. The first-order valence-corrected chi connectivity index (χ1v) is 8.22. The molecule has 1 saturated heterocycles. The number of ether oxygens (including phenoxy) is 1. The molecule has 0 spiro atoms. The van der Waals surface area contributed by atoms with Crippen LogP contribution in [0.3, 0.4) is 0 Å². The Balaban J connectivity index is 1.58. The Kier molecular flexibility index (Phi) is 4.95. The van der Waals surface area contributed by atoms with Crippen LogP contribution in [-0.4, -0.2) is 36.7 Å². The van der Waals surface area contributed by atoms with Crippen molar-refractivity contribution in [3.63, 3.8) is 0 Å². The minimum atomic E-state index is 0.849. The fourth-order valence-corrected chi connectivity index (χ4v) is 2.83. The Morgan fingerprint density at radius 3 is 2.57 bits per heavy atom. The monoisotopic (exact) mass is 312 g/mol. The number of rotatable bonds is 6. The fraction of sp³-hybridized carbons (Fsp3) is 0.444. The van der Waals surface area contributed by atoms with Gasteiger partial charge in [-0.1, -0.05) is 12.1 Å². The topological polar surface area (TPSA) is 50.3 Å². The SMILES string of the molecule is COc1ccc(CCNc2cc(C)nc(N3CCCC3)n2)cc1. The first-order chi connectivity index (χ1) is 11.2. The Morgan fingerprint density at radius 2 is 1.87 bits per heavy atom. The third-order valence-corrected chi connectivity index (χ3v) is 4.11. The molecule has 2 aromatic rings. The molecule has 23 heavy (non-hydrogen) atoms. The lowest BCUT2D eigenvalue weighted by Crippen LogP contribution is -2.21. The standard InChI is InChI=1S/C18H24N4O/c1-14-13-17(21-18(20-14)22-11-3-4-12-22)19-10-9-15-5-7-16(23-2)8-6-15/h5-8,13H,3-4,9-12H2,1-2H3,(H,19,20,21). The van der Waals surface area contributed by atoms with Gasteiger partial charge in [-0.25, -0.2) is 4.98 Å². The molecule has 2 heterocycles. The van der Waals surface area contributed by atoms with Crippen LogP contribution < -0.4 is 15.0 Å². The van der Waals surface area contributed by atoms with Crippen molar-refractivity contribution in [2.24, 2.45) is 0 Å². The molecule has 0 atom stereocenters. The third kappa shape index (κ3) is 4.12. The van der Waals surface area contributed by atoms with Gasteiger partial charge in [-0.05, 0) is 43.9 Å². The molecule has 1 aromatic heterocycles. The van der Waals surface area contributed by atoms with Gasteiger partial charge < -0.3 is 15.0 Å². The number of anilines is 2. The lowest BCUT2D eigenvalue weighted by atomic mass is 10.1. The maximum atomic E-state index is 5.18. The van der Waals surface area contributed by atoms with Crippen LogP contribution in [0.2, 0.25) is 0 Å². The number of aromatic nitrogens is 2. The molecule has 1 fully saturated rings. The first kappa shape index (κ1) is 15.6. The summed E-state index contributed by atoms with van der Waals surface area (Å²) in [5.41, 5.74) is 2.29. The highest BCUT2D eigenvalue weighted by Crippen LogP contribution is 2.18. The summed E-state index contributed by atoms with van der Waals surface area (Å²) in [5.74, 6) is 2.66. The van der Waals surface area contributed by atoms with E-state index in [2.05, 4.69) is 32.3 Å². The molecule has 1 aliphatic heterocycles. The summed E-state index contributed by atoms with van der Waals surface area (Å²) >= 11 is 0. The summed E-state index contributed by atoms with van der Waals surface area (Å²) in [6, 6.07) is 10.2. The van der Waals surface area contributed by atoms with Gasteiger partial charge in [0.05, 0.1) is 7.11 Å². The zero-order valence-corrected chi connectivity index (χ0v) is 13.9. The van der Waals surface area contributed by atoms with Crippen molar-refractivity contribution in [1.29, 1.82) is 0 Å². The molecular formula is C18H24N4O. The molecule has 0 unspecified atom stereocenters. The molecule has 122 valence electrons. The number of hydrogen-bond acceptors (Lipinski definition) is 5. The fourth-order valence-electron chi connectivity index (χ4n) is 2.83. The maximum absolute atomic E-state index is 5.18. The molecule has 5 heteroatoms. The predicted octanol–water partition coefficient (Wildman–Crippen LogP) is 3.05. The van der Waals surface area contributed by atoms with Gasteiger partial charge in [0.2, 0.25) is 5.95 Å². The van der Waals surface area contributed by atoms with Gasteiger partial charge in [-0.2, -0.15) is 4.98 Å². The van der Waals surface area contributed by atoms with Crippen molar-refractivity contribution in [3.05, 3.63) is 41.6 Å². The van der Waals surface area contributed by atoms with E-state index < -0.39 is 0 Å². The van der Waals surface area contributed by atoms with Crippen molar-refractivity contribution in [3.8, 4) is 5.75 Å². The van der Waals surface area contributed by atoms with Gasteiger partial charge in [0, 0.05) is 31.4 Å². The highest BCUT2D eigenvalue weighted by Gasteiger charge is 2.15. The largest absolute Gasteiger partial charge is 0.497 e. The van der Waals surface area contributed by atoms with E-state index in [0.29, 0.717) is 0 Å². The second kappa shape index (κ2) is 7.31. The van der Waals surface area contributed by atoms with Crippen molar-refractivity contribution in [2.75, 3.05) is 37.0 Å². The molecule has 0 bridgehead atoms. The van der Waals surface area contributed by atoms with Crippen LogP contribution in [-0.2, 0) is 6.42 Å². The van der Waals surface area contributed by atoms with E-state index in [1.807, 2.05) is 25.1 Å². The van der Waals surface area contributed by atoms with E-state index >= 15 is 0 Å². The Hall–Kier alpha value is -2.30. The molecule has 1 aliphatic rings. The van der Waals surface area contributed by atoms with Crippen LogP contribution >= 0.6 is 0 Å². The highest BCUT2D eigenvalue weighted by atomic mass is 16.5. The van der Waals surface area contributed by atoms with Crippen LogP contribution in [0.5, 0.6) is 5.75 Å². The van der Waals surface area contributed by atoms with Crippen LogP contribution in [0.4, 0.5) is 11.8 Å². The van der Waals surface area contributed by atoms with Crippen molar-refractivity contribution < 1.29 is 4.74 Å². The summed E-state index contributed by atoms with van der Waals surface area (Å²) in [7, 11) is 1.69. The number of benzene rings is 1. The second-order valence-electron chi connectivity index (χ2n) is 5.91. The number of nitrogens with one attached hydrogen (secondary N) is 1. The van der Waals surface area contributed by atoms with Crippen molar-refractivity contribution >= 4 is 11.8 Å². The Labute approximate surface area is 137 Å². The first-order valence-electron chi connectivity index (χ1n) is 8.22. The molecule has 1 aromatic carbocycles. The number of aryl methyl sites for hydroxylation is 1. The van der Waals surface area contributed by atoms with Crippen LogP contribution in [0.1, 0.15) is 24.1 Å². The minimum absolute atomic E-state index is 0.849. The van der Waals surface area contributed by atoms with Gasteiger partial charge >= 0.3 is 0 Å². The number of methoxy groups -OCH3 is 1. The molecule has 5 nitrogen and oxygen atoms in total. The molecule has 0 amide bonds. The van der Waals surface area contributed by atoms with E-state index in [-0.39, 0.29) is 0 Å². The molecule has 3 rings (SSSR count). The smallest absolute Gasteiger partial charge is 0.227 e. The lowest BCUT2D eigenvalue weighted by molar-refractivity contribution is 0.414. The summed E-state index contributed by atoms with van der Waals surface area (Å²) < 4.78 is 5.18. The van der Waals surface area contributed by atoms with Crippen LogP contribution in [0.15, 0.2) is 30.3 Å². The molecule has 0 radical (unpaired) electrons. The molecular weight excluding hydrogens is 288 g/mol. The van der Waals surface area contributed by atoms with E-state index in [1.54, 1.807) is 7.11 Å². The second-order valence-corrected chi connectivity index (χ2v) is 5.91. The zero-order chi connectivity index (χ0) is 16.1. The number of nitrogens with zero attached hydrogens (tertiary/aromatic N) is 3. The lowest BCUT2D eigenvalue weighted by Gasteiger charge is -2.17. The van der Waals surface area contributed by atoms with Gasteiger partial charge in [-0.15, -0.1) is 0 Å². The normalized spacial score (nSPS) is 14.1. The zero-order valence-electron chi connectivity index (χ0n) is 13.9. The Morgan fingerprint density at radius 1 is 1.13 bits per heavy atom. The van der Waals surface area contributed by atoms with E-state index in [9.17, 15) is 0 Å². The third-order valence-electron chi connectivity index (χ3n) is 4.11. The summed E-state index contributed by atoms with van der Waals surface area (Å²) in [6.45, 7) is 5.00. The van der Waals surface area contributed by atoms with Crippen LogP contribution in [0, 0.1) is 6.92 Å². The van der Waals surface area contributed by atoms with Crippen LogP contribution in [0.25, 0.3) is 0 Å². The van der Waals surface area contributed by atoms with Crippen molar-refractivity contribution in [2.45, 2.75) is 26.2 Å². The quantitative estimate of drug-likeness (QED) is 0.888. The van der Waals surface area contributed by atoms with E-state index in [0.717, 1.165) is 49.3 Å². The maximum Gasteiger partial charge on any atom is 0.227 e. The molecule has 0 saturated carbocycles. The van der Waals surface area contributed by atoms with Gasteiger partial charge in [0.15, 0.2) is 0 Å². The Bertz CT molecular complexity index is 636. The van der Waals surface area contributed by atoms with Gasteiger partial charge in [0.1, 0.15) is 11.6 Å². The average Bonchev–Trinajstić information content (AvgIpc) is 3.09. The molecule has 1 N–H and O–H groups in total. The van der Waals surface area contributed by atoms with Gasteiger partial charge in [0.25, 0.3) is 0 Å². The minimum Gasteiger partial charge on any atom is -0.497 e. The highest BCUT2D eigenvalue weighted by molar-refractivity contribution is 5.44. The van der Waals surface area contributed by atoms with E-state index in [4.69, 9.17) is 4.74 Å². The van der Waals surface area contributed by atoms with Gasteiger partial charge in [-0.3, -0.25) is 0 Å². The summed E-state index contributed by atoms with van der Waals surface area (Å²) in [6.07, 6.45) is 3.42. The van der Waals surface area contributed by atoms with E-state index in [1.165, 1.54) is 18.4 Å². The summed E-state index contributed by atoms with van der Waals surface area (Å²) in [4.78, 5) is 11.5. The molecule has 0 aliphatic carbocycles. The number of hydrogen-bond donors (Lipinski definition) is 1. The average molecular weight is 312 g/mol. The summed E-state index contributed by atoms with van der Waals surface area (Å²) in [5, 5.41) is 3.42.